The van der Waals surface area contributed by atoms with Crippen molar-refractivity contribution in [2.75, 3.05) is 11.0 Å². The number of carbonyl (C=O) groups excluding carboxylic acids is 1. The van der Waals surface area contributed by atoms with Crippen LogP contribution in [0.1, 0.15) is 42.5 Å². The number of hydrogen-bond acceptors (Lipinski definition) is 4. The summed E-state index contributed by atoms with van der Waals surface area (Å²) in [6.45, 7) is 0. The Morgan fingerprint density at radius 1 is 1.21 bits per heavy atom. The molecule has 0 radical (unpaired) electrons. The standard InChI is InChI=1S/C15H19FN2O5S/c1-24(22,23)18-12-9-10(5-6-11(12)16)13(19)17-15(14(20)21)7-3-2-4-8-15/h5-6,9,18H,2-4,7-8H2,1H3,(H,17,19)(H,20,21). The average Bonchev–Trinajstić information content (AvgIpc) is 2.49. The molecule has 0 aromatic heterocycles. The second-order valence-corrected chi connectivity index (χ2v) is 7.72. The zero-order valence-corrected chi connectivity index (χ0v) is 14.0. The van der Waals surface area contributed by atoms with Gasteiger partial charge < -0.3 is 10.4 Å². The summed E-state index contributed by atoms with van der Waals surface area (Å²) < 4.78 is 38.1. The number of carbonyl (C=O) groups is 2. The molecule has 0 saturated heterocycles. The summed E-state index contributed by atoms with van der Waals surface area (Å²) in [5.41, 5.74) is -1.72. The van der Waals surface area contributed by atoms with E-state index in [1.54, 1.807) is 0 Å². The van der Waals surface area contributed by atoms with Crippen molar-refractivity contribution >= 4 is 27.6 Å². The first-order valence-electron chi connectivity index (χ1n) is 7.46. The average molecular weight is 358 g/mol. The summed E-state index contributed by atoms with van der Waals surface area (Å²) in [5.74, 6) is -2.62. The SMILES string of the molecule is CS(=O)(=O)Nc1cc(C(=O)NC2(C(=O)O)CCCCC2)ccc1F. The number of anilines is 1. The minimum atomic E-state index is -3.71. The van der Waals surface area contributed by atoms with Crippen LogP contribution in [0, 0.1) is 5.82 Å². The monoisotopic (exact) mass is 358 g/mol. The van der Waals surface area contributed by atoms with E-state index in [1.165, 1.54) is 6.07 Å². The quantitative estimate of drug-likeness (QED) is 0.742. The second-order valence-electron chi connectivity index (χ2n) is 5.97. The molecule has 0 aliphatic heterocycles. The summed E-state index contributed by atoms with van der Waals surface area (Å²) in [7, 11) is -3.71. The van der Waals surface area contributed by atoms with Gasteiger partial charge in [-0.15, -0.1) is 0 Å². The van der Waals surface area contributed by atoms with E-state index >= 15 is 0 Å². The molecule has 1 saturated carbocycles. The predicted molar refractivity (Wildman–Crippen MR) is 85.8 cm³/mol. The van der Waals surface area contributed by atoms with Gasteiger partial charge in [0.15, 0.2) is 0 Å². The van der Waals surface area contributed by atoms with Crippen LogP contribution >= 0.6 is 0 Å². The number of hydrogen-bond donors (Lipinski definition) is 3. The van der Waals surface area contributed by atoms with Crippen molar-refractivity contribution in [3.05, 3.63) is 29.6 Å². The molecular weight excluding hydrogens is 339 g/mol. The molecule has 9 heteroatoms. The molecule has 1 aromatic carbocycles. The van der Waals surface area contributed by atoms with Crippen molar-refractivity contribution in [2.24, 2.45) is 0 Å². The third-order valence-electron chi connectivity index (χ3n) is 3.99. The maximum Gasteiger partial charge on any atom is 0.329 e. The lowest BCUT2D eigenvalue weighted by atomic mass is 9.81. The Balaban J connectivity index is 2.26. The Hall–Kier alpha value is -2.16. The number of benzene rings is 1. The van der Waals surface area contributed by atoms with E-state index in [1.807, 2.05) is 4.72 Å². The van der Waals surface area contributed by atoms with E-state index in [9.17, 15) is 27.5 Å². The highest BCUT2D eigenvalue weighted by molar-refractivity contribution is 7.92. The zero-order chi connectivity index (χ0) is 18.0. The van der Waals surface area contributed by atoms with E-state index in [2.05, 4.69) is 5.32 Å². The second kappa shape index (κ2) is 6.76. The Labute approximate surface area is 139 Å². The number of carboxylic acid groups (broad SMARTS) is 1. The van der Waals surface area contributed by atoms with E-state index in [4.69, 9.17) is 0 Å². The van der Waals surface area contributed by atoms with Gasteiger partial charge >= 0.3 is 5.97 Å². The maximum absolute atomic E-state index is 13.7. The summed E-state index contributed by atoms with van der Waals surface area (Å²) in [6.07, 6.45) is 3.80. The van der Waals surface area contributed by atoms with Crippen LogP contribution in [0.3, 0.4) is 0 Å². The topological polar surface area (TPSA) is 113 Å². The summed E-state index contributed by atoms with van der Waals surface area (Å²) >= 11 is 0. The summed E-state index contributed by atoms with van der Waals surface area (Å²) in [5, 5.41) is 12.0. The number of aliphatic carboxylic acids is 1. The molecule has 1 aliphatic rings. The third kappa shape index (κ3) is 4.22. The number of carboxylic acids is 1. The van der Waals surface area contributed by atoms with E-state index in [-0.39, 0.29) is 11.3 Å². The molecule has 0 bridgehead atoms. The molecule has 3 N–H and O–H groups in total. The lowest BCUT2D eigenvalue weighted by molar-refractivity contribution is -0.145. The number of rotatable bonds is 5. The van der Waals surface area contributed by atoms with Crippen LogP contribution in [0.4, 0.5) is 10.1 Å². The first-order valence-corrected chi connectivity index (χ1v) is 9.35. The van der Waals surface area contributed by atoms with Gasteiger partial charge in [-0.05, 0) is 31.0 Å². The van der Waals surface area contributed by atoms with E-state index < -0.39 is 33.3 Å². The molecule has 132 valence electrons. The molecular formula is C15H19FN2O5S. The van der Waals surface area contributed by atoms with E-state index in [0.29, 0.717) is 25.7 Å². The highest BCUT2D eigenvalue weighted by Crippen LogP contribution is 2.29. The molecule has 1 aliphatic carbocycles. The minimum Gasteiger partial charge on any atom is -0.480 e. The van der Waals surface area contributed by atoms with Crippen molar-refractivity contribution in [1.82, 2.24) is 5.32 Å². The van der Waals surface area contributed by atoms with Crippen LogP contribution in [0.25, 0.3) is 0 Å². The van der Waals surface area contributed by atoms with E-state index in [0.717, 1.165) is 24.8 Å². The number of sulfonamides is 1. The van der Waals surface area contributed by atoms with Gasteiger partial charge in [0.25, 0.3) is 5.91 Å². The van der Waals surface area contributed by atoms with Gasteiger partial charge in [0.2, 0.25) is 10.0 Å². The molecule has 0 heterocycles. The van der Waals surface area contributed by atoms with Gasteiger partial charge in [-0.1, -0.05) is 19.3 Å². The summed E-state index contributed by atoms with van der Waals surface area (Å²) in [6, 6.07) is 3.18. The van der Waals surface area contributed by atoms with Gasteiger partial charge in [0.05, 0.1) is 11.9 Å². The highest BCUT2D eigenvalue weighted by atomic mass is 32.2. The van der Waals surface area contributed by atoms with Gasteiger partial charge in [-0.25, -0.2) is 17.6 Å². The lowest BCUT2D eigenvalue weighted by Crippen LogP contribution is -2.55. The van der Waals surface area contributed by atoms with Crippen LogP contribution in [0.5, 0.6) is 0 Å². The fraction of sp³-hybridized carbons (Fsp3) is 0.467. The van der Waals surface area contributed by atoms with Crippen molar-refractivity contribution in [1.29, 1.82) is 0 Å². The van der Waals surface area contributed by atoms with Gasteiger partial charge in [0, 0.05) is 5.56 Å². The van der Waals surface area contributed by atoms with Crippen LogP contribution in [-0.4, -0.2) is 37.2 Å². The Morgan fingerprint density at radius 2 is 1.83 bits per heavy atom. The largest absolute Gasteiger partial charge is 0.480 e. The third-order valence-corrected chi connectivity index (χ3v) is 4.58. The van der Waals surface area contributed by atoms with Crippen LogP contribution in [0.2, 0.25) is 0 Å². The Kier molecular flexibility index (Phi) is 5.12. The van der Waals surface area contributed by atoms with Crippen molar-refractivity contribution < 1.29 is 27.5 Å². The number of halogens is 1. The number of nitrogens with one attached hydrogen (secondary N) is 2. The van der Waals surface area contributed by atoms with Crippen molar-refractivity contribution in [2.45, 2.75) is 37.6 Å². The molecule has 0 spiro atoms. The first-order chi connectivity index (χ1) is 11.1. The zero-order valence-electron chi connectivity index (χ0n) is 13.1. The van der Waals surface area contributed by atoms with Crippen molar-refractivity contribution in [3.63, 3.8) is 0 Å². The molecule has 1 fully saturated rings. The fourth-order valence-corrected chi connectivity index (χ4v) is 3.34. The van der Waals surface area contributed by atoms with Gasteiger partial charge in [-0.2, -0.15) is 0 Å². The van der Waals surface area contributed by atoms with Crippen LogP contribution in [0.15, 0.2) is 18.2 Å². The lowest BCUT2D eigenvalue weighted by Gasteiger charge is -2.34. The molecule has 1 amide bonds. The number of amides is 1. The minimum absolute atomic E-state index is 0.0197. The molecule has 2 rings (SSSR count). The van der Waals surface area contributed by atoms with Gasteiger partial charge in [0.1, 0.15) is 11.4 Å². The van der Waals surface area contributed by atoms with Crippen LogP contribution < -0.4 is 10.0 Å². The maximum atomic E-state index is 13.7. The predicted octanol–water partition coefficient (Wildman–Crippen LogP) is 1.71. The van der Waals surface area contributed by atoms with Crippen LogP contribution in [-0.2, 0) is 14.8 Å². The fourth-order valence-electron chi connectivity index (χ4n) is 2.78. The van der Waals surface area contributed by atoms with Gasteiger partial charge in [-0.3, -0.25) is 9.52 Å². The Morgan fingerprint density at radius 3 is 2.38 bits per heavy atom. The highest BCUT2D eigenvalue weighted by Gasteiger charge is 2.41. The molecule has 7 nitrogen and oxygen atoms in total. The van der Waals surface area contributed by atoms with Crippen molar-refractivity contribution in [3.8, 4) is 0 Å². The Bertz CT molecular complexity index is 757. The first kappa shape index (κ1) is 18.2. The molecule has 0 atom stereocenters. The smallest absolute Gasteiger partial charge is 0.329 e. The normalized spacial score (nSPS) is 17.1. The summed E-state index contributed by atoms with van der Waals surface area (Å²) in [4.78, 5) is 24.0. The molecule has 24 heavy (non-hydrogen) atoms. The molecule has 0 unspecified atom stereocenters. The molecule has 1 aromatic rings.